The highest BCUT2D eigenvalue weighted by atomic mass is 16.2. The standard InChI is InChI=1S/C26H49N5O/c1-30(2)26(32)23-5-3-4-20(14-23)17-31-18-29-24-11-10-22(15-25(24)31)21-8-6-19(7-9-21)16-28-13-12-27/h19-25,28-29H,3-18,27H2,1-2H3. The summed E-state index contributed by atoms with van der Waals surface area (Å²) in [6.07, 6.45) is 14.5. The van der Waals surface area contributed by atoms with Gasteiger partial charge >= 0.3 is 0 Å². The summed E-state index contributed by atoms with van der Waals surface area (Å²) in [6.45, 7) is 5.12. The molecule has 0 aromatic carbocycles. The van der Waals surface area contributed by atoms with Crippen LogP contribution in [0.25, 0.3) is 0 Å². The van der Waals surface area contributed by atoms with Crippen LogP contribution in [0.5, 0.6) is 0 Å². The summed E-state index contributed by atoms with van der Waals surface area (Å²) in [7, 11) is 3.82. The minimum absolute atomic E-state index is 0.253. The van der Waals surface area contributed by atoms with Crippen LogP contribution >= 0.6 is 0 Å². The Morgan fingerprint density at radius 2 is 1.78 bits per heavy atom. The van der Waals surface area contributed by atoms with Crippen molar-refractivity contribution in [3.63, 3.8) is 0 Å². The van der Waals surface area contributed by atoms with Gasteiger partial charge in [-0.2, -0.15) is 0 Å². The van der Waals surface area contributed by atoms with E-state index in [9.17, 15) is 4.79 Å². The Kier molecular flexibility index (Phi) is 8.88. The van der Waals surface area contributed by atoms with Crippen molar-refractivity contribution >= 4 is 5.91 Å². The SMILES string of the molecule is CN(C)C(=O)C1CCCC(CN2CNC3CCC(C4CCC(CNCCN)CC4)CC32)C1. The Labute approximate surface area is 196 Å². The smallest absolute Gasteiger partial charge is 0.225 e. The summed E-state index contributed by atoms with van der Waals surface area (Å²) in [4.78, 5) is 17.1. The topological polar surface area (TPSA) is 73.6 Å². The molecule has 6 heteroatoms. The molecule has 0 spiro atoms. The number of fused-ring (bicyclic) bond motifs is 1. The molecule has 1 heterocycles. The molecule has 32 heavy (non-hydrogen) atoms. The van der Waals surface area contributed by atoms with Crippen molar-refractivity contribution in [2.45, 2.75) is 82.7 Å². The number of nitrogens with one attached hydrogen (secondary N) is 2. The molecule has 0 aromatic heterocycles. The fourth-order valence-electron chi connectivity index (χ4n) is 7.45. The Hall–Kier alpha value is -0.690. The Morgan fingerprint density at radius 1 is 1.00 bits per heavy atom. The van der Waals surface area contributed by atoms with Gasteiger partial charge in [-0.15, -0.1) is 0 Å². The normalized spacial score (nSPS) is 38.4. The third-order valence-electron chi connectivity index (χ3n) is 9.26. The van der Waals surface area contributed by atoms with Crippen molar-refractivity contribution in [2.24, 2.45) is 35.3 Å². The summed E-state index contributed by atoms with van der Waals surface area (Å²) in [5.74, 6) is 4.02. The second-order valence-electron chi connectivity index (χ2n) is 11.6. The number of amides is 1. The van der Waals surface area contributed by atoms with Crippen molar-refractivity contribution in [3.05, 3.63) is 0 Å². The van der Waals surface area contributed by atoms with Gasteiger partial charge in [0.25, 0.3) is 0 Å². The minimum Gasteiger partial charge on any atom is -0.349 e. The number of hydrogen-bond donors (Lipinski definition) is 3. The summed E-state index contributed by atoms with van der Waals surface area (Å²) >= 11 is 0. The first-order valence-corrected chi connectivity index (χ1v) is 13.6. The third kappa shape index (κ3) is 6.05. The highest BCUT2D eigenvalue weighted by Crippen LogP contribution is 2.42. The second-order valence-corrected chi connectivity index (χ2v) is 11.6. The minimum atomic E-state index is 0.253. The molecule has 6 nitrogen and oxygen atoms in total. The molecule has 0 bridgehead atoms. The zero-order chi connectivity index (χ0) is 22.5. The predicted octanol–water partition coefficient (Wildman–Crippen LogP) is 2.64. The first-order chi connectivity index (χ1) is 15.5. The van der Waals surface area contributed by atoms with Crippen molar-refractivity contribution in [3.8, 4) is 0 Å². The zero-order valence-corrected chi connectivity index (χ0v) is 20.7. The first kappa shape index (κ1) is 24.4. The Balaban J connectivity index is 1.25. The lowest BCUT2D eigenvalue weighted by Gasteiger charge is -2.42. The quantitative estimate of drug-likeness (QED) is 0.499. The van der Waals surface area contributed by atoms with Gasteiger partial charge in [0.1, 0.15) is 0 Å². The maximum atomic E-state index is 12.5. The average Bonchev–Trinajstić information content (AvgIpc) is 3.21. The van der Waals surface area contributed by atoms with E-state index < -0.39 is 0 Å². The molecule has 1 saturated heterocycles. The number of nitrogens with two attached hydrogens (primary N) is 1. The van der Waals surface area contributed by atoms with Crippen molar-refractivity contribution in [2.75, 3.05) is 46.9 Å². The molecule has 5 atom stereocenters. The molecule has 0 radical (unpaired) electrons. The number of carbonyl (C=O) groups excluding carboxylic acids is 1. The summed E-state index contributed by atoms with van der Waals surface area (Å²) in [6, 6.07) is 1.42. The van der Waals surface area contributed by atoms with Crippen LogP contribution in [0.4, 0.5) is 0 Å². The van der Waals surface area contributed by atoms with Gasteiger partial charge in [-0.1, -0.05) is 6.42 Å². The van der Waals surface area contributed by atoms with Gasteiger partial charge in [-0.05, 0) is 94.4 Å². The molecule has 3 aliphatic carbocycles. The molecule has 3 saturated carbocycles. The first-order valence-electron chi connectivity index (χ1n) is 13.6. The van der Waals surface area contributed by atoms with E-state index in [2.05, 4.69) is 15.5 Å². The lowest BCUT2D eigenvalue weighted by Crippen LogP contribution is -2.45. The van der Waals surface area contributed by atoms with Gasteiger partial charge in [0.15, 0.2) is 0 Å². The lowest BCUT2D eigenvalue weighted by molar-refractivity contribution is -0.134. The number of carbonyl (C=O) groups is 1. The van der Waals surface area contributed by atoms with Crippen LogP contribution in [0, 0.1) is 29.6 Å². The molecule has 4 rings (SSSR count). The van der Waals surface area contributed by atoms with Gasteiger partial charge in [-0.3, -0.25) is 15.0 Å². The third-order valence-corrected chi connectivity index (χ3v) is 9.26. The maximum absolute atomic E-state index is 12.5. The lowest BCUT2D eigenvalue weighted by atomic mass is 9.69. The Morgan fingerprint density at radius 3 is 2.53 bits per heavy atom. The molecular weight excluding hydrogens is 398 g/mol. The zero-order valence-electron chi connectivity index (χ0n) is 20.7. The summed E-state index contributed by atoms with van der Waals surface area (Å²) in [5, 5.41) is 7.37. The number of rotatable bonds is 8. The van der Waals surface area contributed by atoms with Gasteiger partial charge in [0, 0.05) is 58.4 Å². The van der Waals surface area contributed by atoms with Crippen LogP contribution in [0.15, 0.2) is 0 Å². The Bertz CT molecular complexity index is 591. The van der Waals surface area contributed by atoms with E-state index in [1.54, 1.807) is 4.90 Å². The van der Waals surface area contributed by atoms with E-state index >= 15 is 0 Å². The van der Waals surface area contributed by atoms with E-state index in [4.69, 9.17) is 5.73 Å². The summed E-state index contributed by atoms with van der Waals surface area (Å²) < 4.78 is 0. The molecule has 0 aromatic rings. The van der Waals surface area contributed by atoms with Crippen LogP contribution in [0.1, 0.15) is 70.6 Å². The molecule has 4 aliphatic rings. The van der Waals surface area contributed by atoms with Crippen LogP contribution in [0.2, 0.25) is 0 Å². The number of nitrogens with zero attached hydrogens (tertiary/aromatic N) is 2. The van der Waals surface area contributed by atoms with E-state index in [0.29, 0.717) is 17.9 Å². The van der Waals surface area contributed by atoms with Gasteiger partial charge in [-0.25, -0.2) is 0 Å². The fraction of sp³-hybridized carbons (Fsp3) is 0.962. The highest BCUT2D eigenvalue weighted by molar-refractivity contribution is 5.78. The highest BCUT2D eigenvalue weighted by Gasteiger charge is 2.42. The molecule has 1 amide bonds. The van der Waals surface area contributed by atoms with Crippen molar-refractivity contribution in [1.82, 2.24) is 20.4 Å². The monoisotopic (exact) mass is 447 g/mol. The molecular formula is C26H49N5O. The van der Waals surface area contributed by atoms with Crippen LogP contribution in [-0.4, -0.2) is 74.7 Å². The second kappa shape index (κ2) is 11.6. The van der Waals surface area contributed by atoms with E-state index in [1.807, 2.05) is 14.1 Å². The van der Waals surface area contributed by atoms with Gasteiger partial charge < -0.3 is 16.0 Å². The van der Waals surface area contributed by atoms with E-state index in [0.717, 1.165) is 62.9 Å². The van der Waals surface area contributed by atoms with Crippen molar-refractivity contribution in [1.29, 1.82) is 0 Å². The predicted molar refractivity (Wildman–Crippen MR) is 131 cm³/mol. The van der Waals surface area contributed by atoms with Gasteiger partial charge in [0.05, 0.1) is 0 Å². The van der Waals surface area contributed by atoms with Crippen LogP contribution < -0.4 is 16.4 Å². The largest absolute Gasteiger partial charge is 0.349 e. The van der Waals surface area contributed by atoms with Crippen LogP contribution in [0.3, 0.4) is 0 Å². The molecule has 4 N–H and O–H groups in total. The van der Waals surface area contributed by atoms with Crippen LogP contribution in [-0.2, 0) is 4.79 Å². The fourth-order valence-corrected chi connectivity index (χ4v) is 7.45. The van der Waals surface area contributed by atoms with E-state index in [-0.39, 0.29) is 5.92 Å². The van der Waals surface area contributed by atoms with E-state index in [1.165, 1.54) is 64.3 Å². The van der Waals surface area contributed by atoms with Crippen molar-refractivity contribution < 1.29 is 4.79 Å². The molecule has 5 unspecified atom stereocenters. The molecule has 4 fully saturated rings. The maximum Gasteiger partial charge on any atom is 0.225 e. The average molecular weight is 448 g/mol. The molecule has 1 aliphatic heterocycles. The van der Waals surface area contributed by atoms with Gasteiger partial charge in [0.2, 0.25) is 5.91 Å². The molecule has 184 valence electrons. The number of hydrogen-bond acceptors (Lipinski definition) is 5. The summed E-state index contributed by atoms with van der Waals surface area (Å²) in [5.41, 5.74) is 5.62.